The van der Waals surface area contributed by atoms with Crippen LogP contribution in [0.3, 0.4) is 0 Å². The first-order valence-electron chi connectivity index (χ1n) is 7.22. The van der Waals surface area contributed by atoms with Gasteiger partial charge in [0.25, 0.3) is 0 Å². The van der Waals surface area contributed by atoms with Crippen LogP contribution in [0.2, 0.25) is 0 Å². The van der Waals surface area contributed by atoms with Crippen molar-refractivity contribution >= 4 is 23.4 Å². The van der Waals surface area contributed by atoms with E-state index in [0.717, 1.165) is 33.2 Å². The lowest BCUT2D eigenvalue weighted by atomic mass is 10.1. The molecule has 0 bridgehead atoms. The fourth-order valence-corrected chi connectivity index (χ4v) is 3.34. The normalized spacial score (nSPS) is 10.9. The highest BCUT2D eigenvalue weighted by Crippen LogP contribution is 2.30. The average Bonchev–Trinajstić information content (AvgIpc) is 2.89. The number of carbonyl (C=O) groups is 1. The van der Waals surface area contributed by atoms with Crippen molar-refractivity contribution in [3.63, 3.8) is 0 Å². The largest absolute Gasteiger partial charge is 0.468 e. The van der Waals surface area contributed by atoms with Gasteiger partial charge in [-0.15, -0.1) is 0 Å². The van der Waals surface area contributed by atoms with Crippen molar-refractivity contribution in [2.75, 3.05) is 12.9 Å². The molecule has 6 heteroatoms. The van der Waals surface area contributed by atoms with Gasteiger partial charge in [-0.3, -0.25) is 4.79 Å². The van der Waals surface area contributed by atoms with Crippen LogP contribution in [0.1, 0.15) is 11.4 Å². The van der Waals surface area contributed by atoms with Crippen LogP contribution in [0, 0.1) is 13.8 Å². The van der Waals surface area contributed by atoms with Gasteiger partial charge in [-0.25, -0.2) is 9.50 Å². The predicted octanol–water partition coefficient (Wildman–Crippen LogP) is 3.28. The second kappa shape index (κ2) is 6.42. The zero-order chi connectivity index (χ0) is 16.4. The molecule has 0 aliphatic carbocycles. The Kier molecular flexibility index (Phi) is 4.34. The minimum Gasteiger partial charge on any atom is -0.468 e. The maximum absolute atomic E-state index is 11.4. The third kappa shape index (κ3) is 3.07. The number of esters is 1. The van der Waals surface area contributed by atoms with E-state index in [9.17, 15) is 4.79 Å². The SMILES string of the molecule is COC(=O)CSc1cc(C)nc2c(-c3ccccc3)c(C)nn12. The molecule has 23 heavy (non-hydrogen) atoms. The zero-order valence-electron chi connectivity index (χ0n) is 13.2. The number of fused-ring (bicyclic) bond motifs is 1. The molecular formula is C17H17N3O2S. The molecule has 0 fully saturated rings. The zero-order valence-corrected chi connectivity index (χ0v) is 14.1. The van der Waals surface area contributed by atoms with E-state index in [4.69, 9.17) is 4.74 Å². The second-order valence-corrected chi connectivity index (χ2v) is 6.16. The number of thioether (sulfide) groups is 1. The molecule has 5 nitrogen and oxygen atoms in total. The molecular weight excluding hydrogens is 310 g/mol. The van der Waals surface area contributed by atoms with Crippen molar-refractivity contribution in [3.05, 3.63) is 47.8 Å². The minimum atomic E-state index is -0.259. The van der Waals surface area contributed by atoms with Crippen molar-refractivity contribution in [1.82, 2.24) is 14.6 Å². The minimum absolute atomic E-state index is 0.245. The van der Waals surface area contributed by atoms with Gasteiger partial charge in [-0.1, -0.05) is 42.1 Å². The third-order valence-electron chi connectivity index (χ3n) is 3.49. The van der Waals surface area contributed by atoms with Crippen LogP contribution in [-0.4, -0.2) is 33.4 Å². The number of aryl methyl sites for hydroxylation is 2. The lowest BCUT2D eigenvalue weighted by Gasteiger charge is -2.06. The first-order chi connectivity index (χ1) is 11.1. The molecule has 2 heterocycles. The summed E-state index contributed by atoms with van der Waals surface area (Å²) in [4.78, 5) is 16.1. The van der Waals surface area contributed by atoms with Gasteiger partial charge in [-0.05, 0) is 25.5 Å². The molecule has 118 valence electrons. The van der Waals surface area contributed by atoms with Crippen molar-refractivity contribution in [1.29, 1.82) is 0 Å². The highest BCUT2D eigenvalue weighted by Gasteiger charge is 2.16. The number of carbonyl (C=O) groups excluding carboxylic acids is 1. The predicted molar refractivity (Wildman–Crippen MR) is 90.6 cm³/mol. The molecule has 2 aromatic heterocycles. The Labute approximate surface area is 138 Å². The number of aromatic nitrogens is 3. The van der Waals surface area contributed by atoms with Crippen molar-refractivity contribution < 1.29 is 9.53 Å². The van der Waals surface area contributed by atoms with Gasteiger partial charge in [0.05, 0.1) is 18.6 Å². The monoisotopic (exact) mass is 327 g/mol. The lowest BCUT2D eigenvalue weighted by molar-refractivity contribution is -0.137. The Hall–Kier alpha value is -2.34. The summed E-state index contributed by atoms with van der Waals surface area (Å²) >= 11 is 1.40. The average molecular weight is 327 g/mol. The fourth-order valence-electron chi connectivity index (χ4n) is 2.45. The summed E-state index contributed by atoms with van der Waals surface area (Å²) in [5.74, 6) is -0.0148. The molecule has 1 aromatic carbocycles. The summed E-state index contributed by atoms with van der Waals surface area (Å²) in [7, 11) is 1.39. The van der Waals surface area contributed by atoms with Gasteiger partial charge in [0.2, 0.25) is 0 Å². The topological polar surface area (TPSA) is 56.5 Å². The van der Waals surface area contributed by atoms with E-state index in [1.165, 1.54) is 18.9 Å². The van der Waals surface area contributed by atoms with Crippen LogP contribution in [0.15, 0.2) is 41.4 Å². The molecule has 0 saturated heterocycles. The van der Waals surface area contributed by atoms with E-state index in [2.05, 4.69) is 22.2 Å². The Bertz CT molecular complexity index is 859. The maximum atomic E-state index is 11.4. The Morgan fingerprint density at radius 1 is 1.26 bits per heavy atom. The number of ether oxygens (including phenoxy) is 1. The molecule has 0 atom stereocenters. The Morgan fingerprint density at radius 2 is 2.00 bits per heavy atom. The molecule has 0 aliphatic rings. The van der Waals surface area contributed by atoms with Crippen molar-refractivity contribution in [2.45, 2.75) is 18.9 Å². The molecule has 0 spiro atoms. The summed E-state index contributed by atoms with van der Waals surface area (Å²) < 4.78 is 6.51. The van der Waals surface area contributed by atoms with Crippen LogP contribution in [-0.2, 0) is 9.53 Å². The van der Waals surface area contributed by atoms with Gasteiger partial charge in [-0.2, -0.15) is 5.10 Å². The van der Waals surface area contributed by atoms with Crippen LogP contribution < -0.4 is 0 Å². The fraction of sp³-hybridized carbons (Fsp3) is 0.235. The molecule has 0 unspecified atom stereocenters. The highest BCUT2D eigenvalue weighted by atomic mass is 32.2. The number of nitrogens with zero attached hydrogens (tertiary/aromatic N) is 3. The summed E-state index contributed by atoms with van der Waals surface area (Å²) in [6, 6.07) is 12.0. The summed E-state index contributed by atoms with van der Waals surface area (Å²) in [5.41, 5.74) is 4.72. The second-order valence-electron chi connectivity index (χ2n) is 5.16. The summed E-state index contributed by atoms with van der Waals surface area (Å²) in [5, 5.41) is 5.49. The van der Waals surface area contributed by atoms with E-state index in [1.807, 2.05) is 38.1 Å². The van der Waals surface area contributed by atoms with E-state index < -0.39 is 0 Å². The number of benzene rings is 1. The highest BCUT2D eigenvalue weighted by molar-refractivity contribution is 7.99. The molecule has 0 amide bonds. The summed E-state index contributed by atoms with van der Waals surface area (Å²) in [6.07, 6.45) is 0. The standard InChI is InChI=1S/C17H17N3O2S/c1-11-9-14(23-10-15(21)22-3)20-17(18-11)16(12(2)19-20)13-7-5-4-6-8-13/h4-9H,10H2,1-3H3. The van der Waals surface area contributed by atoms with E-state index in [1.54, 1.807) is 4.52 Å². The van der Waals surface area contributed by atoms with Gasteiger partial charge >= 0.3 is 5.97 Å². The number of hydrogen-bond acceptors (Lipinski definition) is 5. The summed E-state index contributed by atoms with van der Waals surface area (Å²) in [6.45, 7) is 3.92. The smallest absolute Gasteiger partial charge is 0.316 e. The molecule has 0 radical (unpaired) electrons. The van der Waals surface area contributed by atoms with Crippen LogP contribution in [0.5, 0.6) is 0 Å². The van der Waals surface area contributed by atoms with E-state index >= 15 is 0 Å². The van der Waals surface area contributed by atoms with Crippen molar-refractivity contribution in [3.8, 4) is 11.1 Å². The van der Waals surface area contributed by atoms with Crippen molar-refractivity contribution in [2.24, 2.45) is 0 Å². The number of methoxy groups -OCH3 is 1. The van der Waals surface area contributed by atoms with E-state index in [-0.39, 0.29) is 11.7 Å². The first-order valence-corrected chi connectivity index (χ1v) is 8.20. The van der Waals surface area contributed by atoms with Crippen LogP contribution in [0.25, 0.3) is 16.8 Å². The number of hydrogen-bond donors (Lipinski definition) is 0. The lowest BCUT2D eigenvalue weighted by Crippen LogP contribution is -2.05. The van der Waals surface area contributed by atoms with E-state index in [0.29, 0.717) is 0 Å². The molecule has 0 N–H and O–H groups in total. The molecule has 0 aliphatic heterocycles. The maximum Gasteiger partial charge on any atom is 0.316 e. The molecule has 0 saturated carbocycles. The van der Waals surface area contributed by atoms with Gasteiger partial charge < -0.3 is 4.74 Å². The first kappa shape index (κ1) is 15.6. The molecule has 3 rings (SSSR count). The van der Waals surface area contributed by atoms with Gasteiger partial charge in [0, 0.05) is 11.3 Å². The molecule has 3 aromatic rings. The van der Waals surface area contributed by atoms with Crippen LogP contribution >= 0.6 is 11.8 Å². The number of rotatable bonds is 4. The Balaban J connectivity index is 2.12. The Morgan fingerprint density at radius 3 is 2.70 bits per heavy atom. The van der Waals surface area contributed by atoms with Crippen LogP contribution in [0.4, 0.5) is 0 Å². The van der Waals surface area contributed by atoms with Gasteiger partial charge in [0.15, 0.2) is 5.65 Å². The van der Waals surface area contributed by atoms with Gasteiger partial charge in [0.1, 0.15) is 5.03 Å². The quantitative estimate of drug-likeness (QED) is 0.418. The third-order valence-corrected chi connectivity index (χ3v) is 4.45.